The summed E-state index contributed by atoms with van der Waals surface area (Å²) in [4.78, 5) is 21.1. The van der Waals surface area contributed by atoms with Crippen LogP contribution in [-0.4, -0.2) is 60.6 Å². The summed E-state index contributed by atoms with van der Waals surface area (Å²) in [6, 6.07) is 0. The minimum absolute atomic E-state index is 0.275. The summed E-state index contributed by atoms with van der Waals surface area (Å²) in [5, 5.41) is 3.24. The quantitative estimate of drug-likeness (QED) is 0.831. The number of methoxy groups -OCH3 is 1. The number of nitrogens with zero attached hydrogens (tertiary/aromatic N) is 3. The summed E-state index contributed by atoms with van der Waals surface area (Å²) >= 11 is 1.73. The molecule has 0 bridgehead atoms. The predicted molar refractivity (Wildman–Crippen MR) is 86.7 cm³/mol. The van der Waals surface area contributed by atoms with Crippen molar-refractivity contribution in [2.24, 2.45) is 5.41 Å². The van der Waals surface area contributed by atoms with Crippen LogP contribution in [-0.2, 0) is 16.1 Å². The lowest BCUT2D eigenvalue weighted by Crippen LogP contribution is -2.54. The third kappa shape index (κ3) is 3.67. The summed E-state index contributed by atoms with van der Waals surface area (Å²) in [6.45, 7) is 5.43. The van der Waals surface area contributed by atoms with Gasteiger partial charge in [-0.1, -0.05) is 0 Å². The number of carbonyl (C=O) groups excluding carboxylic acids is 1. The fourth-order valence-corrected chi connectivity index (χ4v) is 4.47. The van der Waals surface area contributed by atoms with E-state index in [1.54, 1.807) is 18.4 Å². The number of piperidine rings is 2. The highest BCUT2D eigenvalue weighted by Crippen LogP contribution is 2.39. The Labute approximate surface area is 136 Å². The smallest absolute Gasteiger partial charge is 0.222 e. The average molecular weight is 323 g/mol. The van der Waals surface area contributed by atoms with Crippen LogP contribution in [0.4, 0.5) is 0 Å². The number of thiazole rings is 1. The van der Waals surface area contributed by atoms with Crippen LogP contribution in [0.25, 0.3) is 0 Å². The molecule has 0 aliphatic carbocycles. The van der Waals surface area contributed by atoms with Gasteiger partial charge >= 0.3 is 0 Å². The molecule has 5 nitrogen and oxygen atoms in total. The highest BCUT2D eigenvalue weighted by atomic mass is 32.1. The Morgan fingerprint density at radius 2 is 2.32 bits per heavy atom. The van der Waals surface area contributed by atoms with Gasteiger partial charge in [0.15, 0.2) is 0 Å². The second kappa shape index (κ2) is 7.06. The van der Waals surface area contributed by atoms with E-state index in [0.717, 1.165) is 39.1 Å². The van der Waals surface area contributed by atoms with Crippen LogP contribution >= 0.6 is 11.3 Å². The maximum Gasteiger partial charge on any atom is 0.222 e. The second-order valence-corrected chi connectivity index (χ2v) is 7.53. The first kappa shape index (κ1) is 15.9. The number of rotatable bonds is 5. The standard InChI is InChI=1S/C16H25N3O2S/c1-21-9-8-19-13-16(5-3-15(19)20)4-2-7-18(12-16)11-14-17-6-10-22-14/h6,10H,2-5,7-9,11-13H2,1H3/t16-/m0/s1. The highest BCUT2D eigenvalue weighted by molar-refractivity contribution is 7.09. The average Bonchev–Trinajstić information content (AvgIpc) is 3.02. The molecule has 1 aromatic rings. The lowest BCUT2D eigenvalue weighted by atomic mass is 9.73. The Bertz CT molecular complexity index is 494. The van der Waals surface area contributed by atoms with Crippen LogP contribution in [0.2, 0.25) is 0 Å². The predicted octanol–water partition coefficient (Wildman–Crippen LogP) is 1.99. The van der Waals surface area contributed by atoms with E-state index >= 15 is 0 Å². The zero-order valence-corrected chi connectivity index (χ0v) is 14.1. The second-order valence-electron chi connectivity index (χ2n) is 6.55. The lowest BCUT2D eigenvalue weighted by Gasteiger charge is -2.48. The molecule has 3 heterocycles. The molecule has 2 saturated heterocycles. The van der Waals surface area contributed by atoms with Gasteiger partial charge in [0.2, 0.25) is 5.91 Å². The number of aromatic nitrogens is 1. The third-order valence-corrected chi connectivity index (χ3v) is 5.66. The molecule has 122 valence electrons. The molecule has 6 heteroatoms. The monoisotopic (exact) mass is 323 g/mol. The van der Waals surface area contributed by atoms with Crippen molar-refractivity contribution < 1.29 is 9.53 Å². The molecule has 0 radical (unpaired) electrons. The molecular formula is C16H25N3O2S. The fraction of sp³-hybridized carbons (Fsp3) is 0.750. The molecule has 0 saturated carbocycles. The van der Waals surface area contributed by atoms with Gasteiger partial charge in [-0.3, -0.25) is 9.69 Å². The zero-order chi connectivity index (χ0) is 15.4. The topological polar surface area (TPSA) is 45.7 Å². The summed E-state index contributed by atoms with van der Waals surface area (Å²) in [5.41, 5.74) is 0.275. The molecule has 0 aromatic carbocycles. The highest BCUT2D eigenvalue weighted by Gasteiger charge is 2.41. The fourth-order valence-electron chi connectivity index (χ4n) is 3.81. The summed E-state index contributed by atoms with van der Waals surface area (Å²) in [7, 11) is 1.70. The molecule has 0 N–H and O–H groups in total. The van der Waals surface area contributed by atoms with E-state index in [2.05, 4.69) is 9.88 Å². The number of likely N-dealkylation sites (tertiary alicyclic amines) is 2. The number of amides is 1. The first-order valence-electron chi connectivity index (χ1n) is 8.08. The van der Waals surface area contributed by atoms with Crippen LogP contribution in [0.5, 0.6) is 0 Å². The molecule has 2 aliphatic rings. The van der Waals surface area contributed by atoms with Gasteiger partial charge in [-0.15, -0.1) is 11.3 Å². The summed E-state index contributed by atoms with van der Waals surface area (Å²) in [5.74, 6) is 0.291. The number of hydrogen-bond acceptors (Lipinski definition) is 5. The SMILES string of the molecule is COCCN1C[C@@]2(CCCN(Cc3nccs3)C2)CCC1=O. The van der Waals surface area contributed by atoms with Crippen molar-refractivity contribution in [3.63, 3.8) is 0 Å². The van der Waals surface area contributed by atoms with Crippen molar-refractivity contribution >= 4 is 17.2 Å². The van der Waals surface area contributed by atoms with Gasteiger partial charge in [-0.2, -0.15) is 0 Å². The Morgan fingerprint density at radius 3 is 3.09 bits per heavy atom. The third-order valence-electron chi connectivity index (χ3n) is 4.90. The van der Waals surface area contributed by atoms with Crippen LogP contribution in [0.1, 0.15) is 30.7 Å². The molecule has 1 aromatic heterocycles. The normalized spacial score (nSPS) is 26.8. The van der Waals surface area contributed by atoms with Crippen LogP contribution in [0.15, 0.2) is 11.6 Å². The van der Waals surface area contributed by atoms with Gasteiger partial charge in [-0.25, -0.2) is 4.98 Å². The molecule has 1 amide bonds. The van der Waals surface area contributed by atoms with Crippen LogP contribution in [0, 0.1) is 5.41 Å². The van der Waals surface area contributed by atoms with Crippen molar-refractivity contribution in [2.75, 3.05) is 39.9 Å². The molecule has 2 fully saturated rings. The molecule has 1 atom stereocenters. The van der Waals surface area contributed by atoms with Crippen LogP contribution in [0.3, 0.4) is 0 Å². The Kier molecular flexibility index (Phi) is 5.10. The van der Waals surface area contributed by atoms with E-state index in [1.807, 2.05) is 16.5 Å². The van der Waals surface area contributed by atoms with Gasteiger partial charge in [0.1, 0.15) is 5.01 Å². The van der Waals surface area contributed by atoms with Gasteiger partial charge in [-0.05, 0) is 25.8 Å². The largest absolute Gasteiger partial charge is 0.383 e. The number of hydrogen-bond donors (Lipinski definition) is 0. The maximum absolute atomic E-state index is 12.1. The van der Waals surface area contributed by atoms with E-state index in [9.17, 15) is 4.79 Å². The minimum atomic E-state index is 0.275. The van der Waals surface area contributed by atoms with Gasteiger partial charge in [0.25, 0.3) is 0 Å². The molecular weight excluding hydrogens is 298 g/mol. The van der Waals surface area contributed by atoms with Gasteiger partial charge in [0.05, 0.1) is 13.2 Å². The van der Waals surface area contributed by atoms with Crippen molar-refractivity contribution in [1.82, 2.24) is 14.8 Å². The van der Waals surface area contributed by atoms with Crippen LogP contribution < -0.4 is 0 Å². The Morgan fingerprint density at radius 1 is 1.41 bits per heavy atom. The van der Waals surface area contributed by atoms with Crippen molar-refractivity contribution in [1.29, 1.82) is 0 Å². The number of ether oxygens (including phenoxy) is 1. The molecule has 2 aliphatic heterocycles. The maximum atomic E-state index is 12.1. The Hall–Kier alpha value is -0.980. The molecule has 0 unspecified atom stereocenters. The van der Waals surface area contributed by atoms with Gasteiger partial charge < -0.3 is 9.64 Å². The van der Waals surface area contributed by atoms with Crippen molar-refractivity contribution in [2.45, 2.75) is 32.2 Å². The van der Waals surface area contributed by atoms with Gasteiger partial charge in [0, 0.05) is 50.2 Å². The van der Waals surface area contributed by atoms with Crippen molar-refractivity contribution in [3.05, 3.63) is 16.6 Å². The number of carbonyl (C=O) groups is 1. The minimum Gasteiger partial charge on any atom is -0.383 e. The Balaban J connectivity index is 1.62. The van der Waals surface area contributed by atoms with E-state index in [0.29, 0.717) is 18.9 Å². The van der Waals surface area contributed by atoms with E-state index in [4.69, 9.17) is 4.74 Å². The molecule has 1 spiro atoms. The summed E-state index contributed by atoms with van der Waals surface area (Å²) in [6.07, 6.45) is 6.06. The first-order chi connectivity index (χ1) is 10.7. The van der Waals surface area contributed by atoms with E-state index < -0.39 is 0 Å². The molecule has 3 rings (SSSR count). The lowest BCUT2D eigenvalue weighted by molar-refractivity contribution is -0.140. The molecule has 22 heavy (non-hydrogen) atoms. The summed E-state index contributed by atoms with van der Waals surface area (Å²) < 4.78 is 5.15. The zero-order valence-electron chi connectivity index (χ0n) is 13.3. The first-order valence-corrected chi connectivity index (χ1v) is 8.96. The van der Waals surface area contributed by atoms with E-state index in [1.165, 1.54) is 17.8 Å². The van der Waals surface area contributed by atoms with E-state index in [-0.39, 0.29) is 5.41 Å². The van der Waals surface area contributed by atoms with Crippen molar-refractivity contribution in [3.8, 4) is 0 Å².